The Balaban J connectivity index is 1.86. The third-order valence-corrected chi connectivity index (χ3v) is 6.02. The van der Waals surface area contributed by atoms with Crippen molar-refractivity contribution in [3.8, 4) is 0 Å². The first kappa shape index (κ1) is 13.8. The maximum Gasteiger partial charge on any atom is 0.247 e. The molecule has 1 N–H and O–H groups in total. The summed E-state index contributed by atoms with van der Waals surface area (Å²) in [6.07, 6.45) is 4.36. The molecule has 0 aliphatic carbocycles. The fraction of sp³-hybridized carbons (Fsp3) is 0.615. The van der Waals surface area contributed by atoms with E-state index in [0.717, 1.165) is 32.4 Å². The number of nitrogens with zero attached hydrogens (tertiary/aromatic N) is 2. The van der Waals surface area contributed by atoms with Crippen molar-refractivity contribution in [1.29, 1.82) is 0 Å². The lowest BCUT2D eigenvalue weighted by molar-refractivity contribution is 0.257. The van der Waals surface area contributed by atoms with E-state index in [0.29, 0.717) is 19.1 Å². The van der Waals surface area contributed by atoms with E-state index in [-0.39, 0.29) is 10.5 Å². The van der Waals surface area contributed by atoms with E-state index in [1.807, 2.05) is 0 Å². The van der Waals surface area contributed by atoms with E-state index in [1.54, 1.807) is 4.31 Å². The lowest BCUT2D eigenvalue weighted by Gasteiger charge is -2.25. The highest BCUT2D eigenvalue weighted by molar-refractivity contribution is 7.89. The van der Waals surface area contributed by atoms with Crippen molar-refractivity contribution in [1.82, 2.24) is 14.2 Å². The molecule has 3 rings (SSSR count). The molecule has 0 aromatic carbocycles. The average molecular weight is 297 g/mol. The van der Waals surface area contributed by atoms with Gasteiger partial charge in [-0.05, 0) is 38.4 Å². The second kappa shape index (κ2) is 5.31. The fourth-order valence-corrected chi connectivity index (χ4v) is 4.58. The first-order valence-electron chi connectivity index (χ1n) is 7.00. The van der Waals surface area contributed by atoms with E-state index in [4.69, 9.17) is 0 Å². The van der Waals surface area contributed by atoms with Crippen molar-refractivity contribution in [2.45, 2.75) is 30.2 Å². The van der Waals surface area contributed by atoms with Crippen LogP contribution in [0.4, 0.5) is 0 Å². The maximum atomic E-state index is 12.6. The van der Waals surface area contributed by atoms with Crippen molar-refractivity contribution in [3.63, 3.8) is 0 Å². The van der Waals surface area contributed by atoms with E-state index >= 15 is 0 Å². The van der Waals surface area contributed by atoms with Crippen LogP contribution in [0.25, 0.3) is 0 Å². The van der Waals surface area contributed by atoms with Crippen molar-refractivity contribution in [3.05, 3.63) is 28.7 Å². The van der Waals surface area contributed by atoms with Gasteiger partial charge in [-0.2, -0.15) is 4.31 Å². The summed E-state index contributed by atoms with van der Waals surface area (Å²) in [5, 5.41) is 0. The van der Waals surface area contributed by atoms with Gasteiger partial charge >= 0.3 is 0 Å². The van der Waals surface area contributed by atoms with E-state index in [9.17, 15) is 13.2 Å². The molecule has 2 fully saturated rings. The van der Waals surface area contributed by atoms with Crippen LogP contribution in [0.2, 0.25) is 0 Å². The number of pyridine rings is 1. The summed E-state index contributed by atoms with van der Waals surface area (Å²) < 4.78 is 26.8. The standard InChI is InChI=1S/C13H19N3O3S/c17-13-5-4-12(9-14-13)20(18,19)16-8-2-7-15-6-1-3-11(15)10-16/h4-5,9,11H,1-3,6-8,10H2,(H,14,17). The minimum Gasteiger partial charge on any atom is -0.328 e. The van der Waals surface area contributed by atoms with Gasteiger partial charge in [0, 0.05) is 31.4 Å². The maximum absolute atomic E-state index is 12.6. The van der Waals surface area contributed by atoms with Gasteiger partial charge in [0.05, 0.1) is 4.90 Å². The monoisotopic (exact) mass is 297 g/mol. The van der Waals surface area contributed by atoms with E-state index < -0.39 is 10.0 Å². The molecule has 0 radical (unpaired) electrons. The molecule has 2 aliphatic heterocycles. The number of rotatable bonds is 2. The van der Waals surface area contributed by atoms with Crippen LogP contribution in [-0.2, 0) is 10.0 Å². The average Bonchev–Trinajstić information content (AvgIpc) is 2.76. The van der Waals surface area contributed by atoms with Gasteiger partial charge in [0.15, 0.2) is 0 Å². The highest BCUT2D eigenvalue weighted by atomic mass is 32.2. The van der Waals surface area contributed by atoms with Gasteiger partial charge in [-0.25, -0.2) is 8.42 Å². The predicted octanol–water partition coefficient (Wildman–Crippen LogP) is 0.234. The minimum absolute atomic E-state index is 0.170. The number of H-pyrrole nitrogens is 1. The molecule has 7 heteroatoms. The molecule has 110 valence electrons. The zero-order valence-corrected chi connectivity index (χ0v) is 12.1. The normalized spacial score (nSPS) is 25.3. The van der Waals surface area contributed by atoms with Gasteiger partial charge in [-0.3, -0.25) is 9.69 Å². The highest BCUT2D eigenvalue weighted by Crippen LogP contribution is 2.24. The van der Waals surface area contributed by atoms with Gasteiger partial charge in [0.2, 0.25) is 15.6 Å². The van der Waals surface area contributed by atoms with Crippen molar-refractivity contribution in [2.75, 3.05) is 26.2 Å². The molecule has 6 nitrogen and oxygen atoms in total. The molecular weight excluding hydrogens is 278 g/mol. The second-order valence-electron chi connectivity index (χ2n) is 5.44. The van der Waals surface area contributed by atoms with Gasteiger partial charge in [0.1, 0.15) is 0 Å². The first-order valence-corrected chi connectivity index (χ1v) is 8.44. The van der Waals surface area contributed by atoms with Crippen LogP contribution >= 0.6 is 0 Å². The minimum atomic E-state index is -3.50. The van der Waals surface area contributed by atoms with Crippen molar-refractivity contribution >= 4 is 10.0 Å². The van der Waals surface area contributed by atoms with Crippen LogP contribution in [0.3, 0.4) is 0 Å². The highest BCUT2D eigenvalue weighted by Gasteiger charge is 2.34. The molecule has 1 atom stereocenters. The fourth-order valence-electron chi connectivity index (χ4n) is 3.10. The van der Waals surface area contributed by atoms with Crippen LogP contribution in [0.15, 0.2) is 28.0 Å². The number of nitrogens with one attached hydrogen (secondary N) is 1. The summed E-state index contributed by atoms with van der Waals surface area (Å²) in [6, 6.07) is 2.98. The molecule has 3 heterocycles. The SMILES string of the molecule is O=c1ccc(S(=O)(=O)N2CCCN3CCCC3C2)c[nH]1. The number of aromatic nitrogens is 1. The summed E-state index contributed by atoms with van der Waals surface area (Å²) in [7, 11) is -3.50. The Kier molecular flexibility index (Phi) is 3.66. The van der Waals surface area contributed by atoms with Crippen molar-refractivity contribution in [2.24, 2.45) is 0 Å². The molecule has 1 aromatic heterocycles. The molecule has 0 bridgehead atoms. The molecule has 0 spiro atoms. The molecule has 1 aromatic rings. The van der Waals surface area contributed by atoms with Gasteiger partial charge in [-0.1, -0.05) is 0 Å². The second-order valence-corrected chi connectivity index (χ2v) is 7.38. The molecule has 2 aliphatic rings. The molecule has 20 heavy (non-hydrogen) atoms. The summed E-state index contributed by atoms with van der Waals surface area (Å²) >= 11 is 0. The van der Waals surface area contributed by atoms with Crippen LogP contribution in [-0.4, -0.2) is 54.8 Å². The molecule has 0 saturated carbocycles. The molecule has 0 amide bonds. The smallest absolute Gasteiger partial charge is 0.247 e. The van der Waals surface area contributed by atoms with Crippen LogP contribution in [0.1, 0.15) is 19.3 Å². The number of sulfonamides is 1. The lowest BCUT2D eigenvalue weighted by atomic mass is 10.2. The van der Waals surface area contributed by atoms with Crippen LogP contribution in [0, 0.1) is 0 Å². The molecule has 1 unspecified atom stereocenters. The zero-order chi connectivity index (χ0) is 14.2. The zero-order valence-electron chi connectivity index (χ0n) is 11.3. The summed E-state index contributed by atoms with van der Waals surface area (Å²) in [5.41, 5.74) is -0.290. The predicted molar refractivity (Wildman–Crippen MR) is 75.0 cm³/mol. The Morgan fingerprint density at radius 1 is 1.15 bits per heavy atom. The number of hydrogen-bond donors (Lipinski definition) is 1. The third-order valence-electron chi connectivity index (χ3n) is 4.16. The lowest BCUT2D eigenvalue weighted by Crippen LogP contribution is -2.39. The Hall–Kier alpha value is -1.18. The van der Waals surface area contributed by atoms with E-state index in [1.165, 1.54) is 18.3 Å². The first-order chi connectivity index (χ1) is 9.57. The van der Waals surface area contributed by atoms with Gasteiger partial charge < -0.3 is 4.98 Å². The third kappa shape index (κ3) is 2.53. The van der Waals surface area contributed by atoms with Crippen molar-refractivity contribution < 1.29 is 8.42 Å². The van der Waals surface area contributed by atoms with Crippen LogP contribution in [0.5, 0.6) is 0 Å². The quantitative estimate of drug-likeness (QED) is 0.848. The molecule has 2 saturated heterocycles. The molecular formula is C13H19N3O3S. The van der Waals surface area contributed by atoms with Gasteiger partial charge in [0.25, 0.3) is 0 Å². The number of hydrogen-bond acceptors (Lipinski definition) is 4. The number of aromatic amines is 1. The van der Waals surface area contributed by atoms with Gasteiger partial charge in [-0.15, -0.1) is 0 Å². The number of fused-ring (bicyclic) bond motifs is 1. The largest absolute Gasteiger partial charge is 0.328 e. The Morgan fingerprint density at radius 2 is 1.95 bits per heavy atom. The van der Waals surface area contributed by atoms with Crippen LogP contribution < -0.4 is 5.56 Å². The summed E-state index contributed by atoms with van der Waals surface area (Å²) in [5.74, 6) is 0. The Labute approximate surface area is 118 Å². The summed E-state index contributed by atoms with van der Waals surface area (Å²) in [6.45, 7) is 3.16. The Morgan fingerprint density at radius 3 is 2.70 bits per heavy atom. The van der Waals surface area contributed by atoms with E-state index in [2.05, 4.69) is 9.88 Å². The summed E-state index contributed by atoms with van der Waals surface area (Å²) in [4.78, 5) is 16.1. The Bertz CT molecular complexity index is 620. The topological polar surface area (TPSA) is 73.5 Å².